The van der Waals surface area contributed by atoms with Crippen LogP contribution in [0, 0.1) is 11.6 Å². The molecule has 0 aliphatic heterocycles. The Morgan fingerprint density at radius 2 is 1.85 bits per heavy atom. The van der Waals surface area contributed by atoms with Crippen LogP contribution in [0.25, 0.3) is 0 Å². The van der Waals surface area contributed by atoms with E-state index in [1.165, 1.54) is 6.07 Å². The first-order valence-electron chi connectivity index (χ1n) is 3.88. The smallest absolute Gasteiger partial charge is 0.159 e. The van der Waals surface area contributed by atoms with Gasteiger partial charge in [-0.3, -0.25) is 0 Å². The van der Waals surface area contributed by atoms with Crippen LogP contribution in [0.15, 0.2) is 18.2 Å². The highest BCUT2D eigenvalue weighted by molar-refractivity contribution is 5.85. The molecule has 0 saturated carbocycles. The van der Waals surface area contributed by atoms with Crippen molar-refractivity contribution in [2.24, 2.45) is 5.73 Å². The molecular weight excluding hydrogens is 196 g/mol. The van der Waals surface area contributed by atoms with E-state index in [2.05, 4.69) is 0 Å². The van der Waals surface area contributed by atoms with Gasteiger partial charge in [-0.25, -0.2) is 8.78 Å². The summed E-state index contributed by atoms with van der Waals surface area (Å²) < 4.78 is 25.0. The lowest BCUT2D eigenvalue weighted by atomic mass is 10.1. The molecule has 0 aromatic heterocycles. The second-order valence-electron chi connectivity index (χ2n) is 2.64. The number of aryl methyl sites for hydroxylation is 1. The molecule has 0 heterocycles. The molecule has 0 aliphatic rings. The van der Waals surface area contributed by atoms with Crippen molar-refractivity contribution < 1.29 is 8.78 Å². The molecule has 0 amide bonds. The molecule has 0 fully saturated rings. The predicted octanol–water partition coefficient (Wildman–Crippen LogP) is 2.28. The second kappa shape index (κ2) is 5.89. The van der Waals surface area contributed by atoms with E-state index in [4.69, 9.17) is 5.73 Å². The zero-order chi connectivity index (χ0) is 8.97. The summed E-state index contributed by atoms with van der Waals surface area (Å²) in [6.45, 7) is 0.568. The first-order chi connectivity index (χ1) is 5.74. The van der Waals surface area contributed by atoms with Gasteiger partial charge in [-0.2, -0.15) is 0 Å². The number of hydrogen-bond acceptors (Lipinski definition) is 1. The minimum atomic E-state index is -0.800. The van der Waals surface area contributed by atoms with E-state index in [9.17, 15) is 8.78 Å². The fourth-order valence-corrected chi connectivity index (χ4v) is 1.00. The lowest BCUT2D eigenvalue weighted by Gasteiger charge is -1.99. The number of halogens is 3. The summed E-state index contributed by atoms with van der Waals surface area (Å²) in [5.74, 6) is -1.59. The van der Waals surface area contributed by atoms with Gasteiger partial charge in [0.15, 0.2) is 11.6 Å². The van der Waals surface area contributed by atoms with Gasteiger partial charge < -0.3 is 5.73 Å². The lowest BCUT2D eigenvalue weighted by molar-refractivity contribution is 0.507. The van der Waals surface area contributed by atoms with Crippen LogP contribution in [0.1, 0.15) is 12.0 Å². The Hall–Kier alpha value is -0.670. The minimum absolute atomic E-state index is 0. The first-order valence-corrected chi connectivity index (χ1v) is 3.88. The Balaban J connectivity index is 0.00000144. The number of nitrogens with two attached hydrogens (primary N) is 1. The van der Waals surface area contributed by atoms with Gasteiger partial charge in [-0.05, 0) is 37.1 Å². The van der Waals surface area contributed by atoms with E-state index >= 15 is 0 Å². The summed E-state index contributed by atoms with van der Waals surface area (Å²) in [5.41, 5.74) is 6.07. The quantitative estimate of drug-likeness (QED) is 0.809. The van der Waals surface area contributed by atoms with Crippen LogP contribution < -0.4 is 5.73 Å². The van der Waals surface area contributed by atoms with E-state index in [0.29, 0.717) is 13.0 Å². The summed E-state index contributed by atoms with van der Waals surface area (Å²) >= 11 is 0. The van der Waals surface area contributed by atoms with Crippen LogP contribution in [0.5, 0.6) is 0 Å². The standard InChI is InChI=1S/C9H11F2N.ClH/c10-8-4-3-7(2-1-5-12)6-9(8)11;/h3-4,6H,1-2,5,12H2;1H. The average Bonchev–Trinajstić information content (AvgIpc) is 2.07. The summed E-state index contributed by atoms with van der Waals surface area (Å²) in [7, 11) is 0. The van der Waals surface area contributed by atoms with Crippen LogP contribution in [0.2, 0.25) is 0 Å². The zero-order valence-corrected chi connectivity index (χ0v) is 7.91. The fraction of sp³-hybridized carbons (Fsp3) is 0.333. The van der Waals surface area contributed by atoms with Gasteiger partial charge in [0.2, 0.25) is 0 Å². The molecule has 74 valence electrons. The highest BCUT2D eigenvalue weighted by Crippen LogP contribution is 2.09. The fourth-order valence-electron chi connectivity index (χ4n) is 1.00. The molecule has 1 aromatic carbocycles. The molecule has 0 radical (unpaired) electrons. The van der Waals surface area contributed by atoms with E-state index in [1.807, 2.05) is 0 Å². The maximum absolute atomic E-state index is 12.6. The van der Waals surface area contributed by atoms with Crippen molar-refractivity contribution in [3.8, 4) is 0 Å². The molecule has 1 aromatic rings. The third-order valence-electron chi connectivity index (χ3n) is 1.65. The van der Waals surface area contributed by atoms with E-state index < -0.39 is 11.6 Å². The summed E-state index contributed by atoms with van der Waals surface area (Å²) in [4.78, 5) is 0. The molecule has 0 spiro atoms. The molecule has 0 atom stereocenters. The SMILES string of the molecule is Cl.NCCCc1ccc(F)c(F)c1. The van der Waals surface area contributed by atoms with E-state index in [-0.39, 0.29) is 12.4 Å². The van der Waals surface area contributed by atoms with Gasteiger partial charge in [-0.1, -0.05) is 6.07 Å². The van der Waals surface area contributed by atoms with Crippen LogP contribution in [-0.2, 0) is 6.42 Å². The number of hydrogen-bond donors (Lipinski definition) is 1. The molecule has 1 rings (SSSR count). The van der Waals surface area contributed by atoms with Crippen molar-refractivity contribution in [1.82, 2.24) is 0 Å². The van der Waals surface area contributed by atoms with Gasteiger partial charge in [0.1, 0.15) is 0 Å². The third kappa shape index (κ3) is 3.70. The van der Waals surface area contributed by atoms with Gasteiger partial charge in [-0.15, -0.1) is 12.4 Å². The Bertz CT molecular complexity index is 266. The van der Waals surface area contributed by atoms with Gasteiger partial charge >= 0.3 is 0 Å². The average molecular weight is 208 g/mol. The summed E-state index contributed by atoms with van der Waals surface area (Å²) in [6, 6.07) is 3.93. The van der Waals surface area contributed by atoms with Crippen LogP contribution in [0.4, 0.5) is 8.78 Å². The molecule has 0 aliphatic carbocycles. The second-order valence-corrected chi connectivity index (χ2v) is 2.64. The zero-order valence-electron chi connectivity index (χ0n) is 7.09. The van der Waals surface area contributed by atoms with Crippen LogP contribution in [0.3, 0.4) is 0 Å². The van der Waals surface area contributed by atoms with Crippen LogP contribution >= 0.6 is 12.4 Å². The van der Waals surface area contributed by atoms with Crippen molar-refractivity contribution in [2.75, 3.05) is 6.54 Å². The third-order valence-corrected chi connectivity index (χ3v) is 1.65. The summed E-state index contributed by atoms with van der Waals surface area (Å²) in [6.07, 6.45) is 1.50. The number of rotatable bonds is 3. The maximum atomic E-state index is 12.6. The Morgan fingerprint density at radius 1 is 1.15 bits per heavy atom. The highest BCUT2D eigenvalue weighted by atomic mass is 35.5. The lowest BCUT2D eigenvalue weighted by Crippen LogP contribution is -2.00. The highest BCUT2D eigenvalue weighted by Gasteiger charge is 2.01. The topological polar surface area (TPSA) is 26.0 Å². The largest absolute Gasteiger partial charge is 0.330 e. The Morgan fingerprint density at radius 3 is 2.38 bits per heavy atom. The molecule has 1 nitrogen and oxygen atoms in total. The van der Waals surface area contributed by atoms with E-state index in [0.717, 1.165) is 18.1 Å². The molecule has 2 N–H and O–H groups in total. The molecular formula is C9H12ClF2N. The molecule has 0 saturated heterocycles. The van der Waals surface area contributed by atoms with Crippen molar-refractivity contribution in [1.29, 1.82) is 0 Å². The minimum Gasteiger partial charge on any atom is -0.330 e. The molecule has 0 unspecified atom stereocenters. The van der Waals surface area contributed by atoms with Crippen molar-refractivity contribution >= 4 is 12.4 Å². The van der Waals surface area contributed by atoms with Gasteiger partial charge in [0.25, 0.3) is 0 Å². The molecule has 13 heavy (non-hydrogen) atoms. The van der Waals surface area contributed by atoms with Crippen molar-refractivity contribution in [3.05, 3.63) is 35.4 Å². The summed E-state index contributed by atoms with van der Waals surface area (Å²) in [5, 5.41) is 0. The molecule has 0 bridgehead atoms. The predicted molar refractivity (Wildman–Crippen MR) is 51.0 cm³/mol. The first kappa shape index (κ1) is 12.3. The van der Waals surface area contributed by atoms with Crippen molar-refractivity contribution in [3.63, 3.8) is 0 Å². The van der Waals surface area contributed by atoms with E-state index in [1.54, 1.807) is 6.07 Å². The number of benzene rings is 1. The van der Waals surface area contributed by atoms with Gasteiger partial charge in [0, 0.05) is 0 Å². The van der Waals surface area contributed by atoms with Gasteiger partial charge in [0.05, 0.1) is 0 Å². The maximum Gasteiger partial charge on any atom is 0.159 e. The van der Waals surface area contributed by atoms with Crippen molar-refractivity contribution in [2.45, 2.75) is 12.8 Å². The normalized spacial score (nSPS) is 9.46. The molecule has 4 heteroatoms. The Kier molecular flexibility index (Phi) is 5.58. The Labute approximate surface area is 82.4 Å². The monoisotopic (exact) mass is 207 g/mol. The van der Waals surface area contributed by atoms with Crippen LogP contribution in [-0.4, -0.2) is 6.54 Å².